The Labute approximate surface area is 133 Å². The maximum atomic E-state index is 12.2. The Morgan fingerprint density at radius 3 is 2.70 bits per heavy atom. The van der Waals surface area contributed by atoms with Gasteiger partial charge >= 0.3 is 6.61 Å². The van der Waals surface area contributed by atoms with Crippen molar-refractivity contribution in [1.29, 1.82) is 0 Å². The first-order chi connectivity index (χ1) is 10.8. The summed E-state index contributed by atoms with van der Waals surface area (Å²) in [6.07, 6.45) is 0. The van der Waals surface area contributed by atoms with Crippen LogP contribution >= 0.6 is 0 Å². The molecule has 0 saturated heterocycles. The summed E-state index contributed by atoms with van der Waals surface area (Å²) in [6, 6.07) is 7.84. The Hall–Kier alpha value is -2.44. The second-order valence-electron chi connectivity index (χ2n) is 5.32. The molecular formula is C16H19F2N3O2. The highest BCUT2D eigenvalue weighted by atomic mass is 19.3. The Bertz CT molecular complexity index is 686. The van der Waals surface area contributed by atoms with Crippen LogP contribution in [-0.2, 0) is 11.3 Å². The van der Waals surface area contributed by atoms with Crippen molar-refractivity contribution in [1.82, 2.24) is 15.1 Å². The maximum Gasteiger partial charge on any atom is 0.387 e. The fourth-order valence-corrected chi connectivity index (χ4v) is 2.30. The van der Waals surface area contributed by atoms with Gasteiger partial charge in [0.05, 0.1) is 11.7 Å². The molecule has 1 aromatic heterocycles. The van der Waals surface area contributed by atoms with Gasteiger partial charge in [0, 0.05) is 5.69 Å². The van der Waals surface area contributed by atoms with Gasteiger partial charge in [0.25, 0.3) is 0 Å². The molecule has 0 aliphatic carbocycles. The molecule has 1 N–H and O–H groups in total. The van der Waals surface area contributed by atoms with Crippen molar-refractivity contribution in [3.8, 4) is 5.75 Å². The van der Waals surface area contributed by atoms with E-state index in [0.29, 0.717) is 5.56 Å². The molecule has 1 amide bonds. The molecule has 0 saturated carbocycles. The topological polar surface area (TPSA) is 56.2 Å². The van der Waals surface area contributed by atoms with Gasteiger partial charge in [-0.2, -0.15) is 13.9 Å². The van der Waals surface area contributed by atoms with Crippen molar-refractivity contribution in [2.75, 3.05) is 0 Å². The Morgan fingerprint density at radius 1 is 1.35 bits per heavy atom. The zero-order chi connectivity index (χ0) is 17.0. The first-order valence-corrected chi connectivity index (χ1v) is 7.20. The van der Waals surface area contributed by atoms with Gasteiger partial charge in [0.2, 0.25) is 5.91 Å². The third kappa shape index (κ3) is 4.77. The molecule has 2 aromatic rings. The lowest BCUT2D eigenvalue weighted by molar-refractivity contribution is -0.122. The van der Waals surface area contributed by atoms with Crippen LogP contribution in [0, 0.1) is 13.8 Å². The zero-order valence-corrected chi connectivity index (χ0v) is 13.2. The van der Waals surface area contributed by atoms with Crippen LogP contribution in [0.2, 0.25) is 0 Å². The number of carbonyl (C=O) groups is 1. The number of hydrogen-bond acceptors (Lipinski definition) is 3. The molecule has 0 aliphatic rings. The molecule has 1 heterocycles. The van der Waals surface area contributed by atoms with E-state index in [1.54, 1.807) is 23.7 Å². The van der Waals surface area contributed by atoms with Gasteiger partial charge in [-0.1, -0.05) is 12.1 Å². The van der Waals surface area contributed by atoms with E-state index in [9.17, 15) is 13.6 Å². The molecule has 0 fully saturated rings. The van der Waals surface area contributed by atoms with Crippen molar-refractivity contribution >= 4 is 5.91 Å². The quantitative estimate of drug-likeness (QED) is 0.889. The van der Waals surface area contributed by atoms with Crippen LogP contribution in [0.5, 0.6) is 5.75 Å². The average molecular weight is 323 g/mol. The van der Waals surface area contributed by atoms with Gasteiger partial charge in [-0.3, -0.25) is 9.48 Å². The minimum absolute atomic E-state index is 0.0668. The zero-order valence-electron chi connectivity index (χ0n) is 13.2. The summed E-state index contributed by atoms with van der Waals surface area (Å²) >= 11 is 0. The second-order valence-corrected chi connectivity index (χ2v) is 5.32. The second kappa shape index (κ2) is 7.21. The van der Waals surface area contributed by atoms with E-state index < -0.39 is 6.61 Å². The first-order valence-electron chi connectivity index (χ1n) is 7.20. The number of benzene rings is 1. The van der Waals surface area contributed by atoms with Gasteiger partial charge in [-0.25, -0.2) is 0 Å². The highest BCUT2D eigenvalue weighted by Crippen LogP contribution is 2.20. The Morgan fingerprint density at radius 2 is 2.09 bits per heavy atom. The predicted molar refractivity (Wildman–Crippen MR) is 81.3 cm³/mol. The summed E-state index contributed by atoms with van der Waals surface area (Å²) in [4.78, 5) is 12.1. The van der Waals surface area contributed by atoms with E-state index >= 15 is 0 Å². The summed E-state index contributed by atoms with van der Waals surface area (Å²) in [7, 11) is 0. The standard InChI is InChI=1S/C16H19F2N3O2/c1-10-7-11(2)21(20-10)9-15(22)19-12(3)13-5-4-6-14(8-13)23-16(17)18/h4-8,12,16H,9H2,1-3H3,(H,19,22)/t12-/m1/s1. The molecule has 0 unspecified atom stereocenters. The summed E-state index contributed by atoms with van der Waals surface area (Å²) in [5.41, 5.74) is 2.43. The van der Waals surface area contributed by atoms with Gasteiger partial charge in [-0.05, 0) is 44.5 Å². The maximum absolute atomic E-state index is 12.2. The van der Waals surface area contributed by atoms with E-state index in [-0.39, 0.29) is 24.2 Å². The molecule has 23 heavy (non-hydrogen) atoms. The average Bonchev–Trinajstić information content (AvgIpc) is 2.76. The largest absolute Gasteiger partial charge is 0.435 e. The van der Waals surface area contributed by atoms with Crippen molar-refractivity contribution in [2.45, 2.75) is 40.0 Å². The number of rotatable bonds is 6. The summed E-state index contributed by atoms with van der Waals surface area (Å²) in [5.74, 6) is -0.138. The number of aromatic nitrogens is 2. The molecular weight excluding hydrogens is 304 g/mol. The first kappa shape index (κ1) is 16.9. The lowest BCUT2D eigenvalue weighted by atomic mass is 10.1. The van der Waals surface area contributed by atoms with Crippen molar-refractivity contribution in [3.63, 3.8) is 0 Å². The number of halogens is 2. The smallest absolute Gasteiger partial charge is 0.387 e. The van der Waals surface area contributed by atoms with Gasteiger partial charge in [0.15, 0.2) is 0 Å². The highest BCUT2D eigenvalue weighted by molar-refractivity contribution is 5.76. The number of carbonyl (C=O) groups excluding carboxylic acids is 1. The van der Waals surface area contributed by atoms with Gasteiger partial charge < -0.3 is 10.1 Å². The summed E-state index contributed by atoms with van der Waals surface area (Å²) in [6.45, 7) is 2.75. The minimum atomic E-state index is -2.87. The molecule has 124 valence electrons. The fraction of sp³-hybridized carbons (Fsp3) is 0.375. The Balaban J connectivity index is 1.99. The third-order valence-corrected chi connectivity index (χ3v) is 3.36. The van der Waals surface area contributed by atoms with E-state index in [2.05, 4.69) is 15.2 Å². The number of alkyl halides is 2. The van der Waals surface area contributed by atoms with Crippen molar-refractivity contribution < 1.29 is 18.3 Å². The van der Waals surface area contributed by atoms with Gasteiger partial charge in [0.1, 0.15) is 12.3 Å². The van der Waals surface area contributed by atoms with Gasteiger partial charge in [-0.15, -0.1) is 0 Å². The number of hydrogen-bond donors (Lipinski definition) is 1. The lowest BCUT2D eigenvalue weighted by Crippen LogP contribution is -2.30. The van der Waals surface area contributed by atoms with Crippen LogP contribution in [0.3, 0.4) is 0 Å². The number of amides is 1. The molecule has 1 atom stereocenters. The number of nitrogens with zero attached hydrogens (tertiary/aromatic N) is 2. The summed E-state index contributed by atoms with van der Waals surface area (Å²) < 4.78 is 30.5. The van der Waals surface area contributed by atoms with Crippen LogP contribution in [-0.4, -0.2) is 22.3 Å². The third-order valence-electron chi connectivity index (χ3n) is 3.36. The van der Waals surface area contributed by atoms with E-state index in [0.717, 1.165) is 11.4 Å². The highest BCUT2D eigenvalue weighted by Gasteiger charge is 2.13. The van der Waals surface area contributed by atoms with Crippen LogP contribution in [0.25, 0.3) is 0 Å². The van der Waals surface area contributed by atoms with Crippen molar-refractivity contribution in [3.05, 3.63) is 47.3 Å². The van der Waals surface area contributed by atoms with E-state index in [1.165, 1.54) is 12.1 Å². The molecule has 0 spiro atoms. The van der Waals surface area contributed by atoms with Crippen LogP contribution in [0.4, 0.5) is 8.78 Å². The molecule has 5 nitrogen and oxygen atoms in total. The SMILES string of the molecule is Cc1cc(C)n(CC(=O)N[C@H](C)c2cccc(OC(F)F)c2)n1. The molecule has 2 rings (SSSR count). The molecule has 0 bridgehead atoms. The fourth-order valence-electron chi connectivity index (χ4n) is 2.30. The molecule has 0 aliphatic heterocycles. The minimum Gasteiger partial charge on any atom is -0.435 e. The monoisotopic (exact) mass is 323 g/mol. The van der Waals surface area contributed by atoms with Crippen molar-refractivity contribution in [2.24, 2.45) is 0 Å². The molecule has 7 heteroatoms. The Kier molecular flexibility index (Phi) is 5.31. The number of ether oxygens (including phenoxy) is 1. The van der Waals surface area contributed by atoms with Crippen LogP contribution < -0.4 is 10.1 Å². The molecule has 0 radical (unpaired) electrons. The van der Waals surface area contributed by atoms with Crippen LogP contribution in [0.1, 0.15) is 29.9 Å². The normalized spacial score (nSPS) is 12.3. The summed E-state index contributed by atoms with van der Waals surface area (Å²) in [5, 5.41) is 7.05. The molecule has 1 aromatic carbocycles. The number of aryl methyl sites for hydroxylation is 2. The predicted octanol–water partition coefficient (Wildman–Crippen LogP) is 2.98. The number of nitrogens with one attached hydrogen (secondary N) is 1. The van der Waals surface area contributed by atoms with Crippen LogP contribution in [0.15, 0.2) is 30.3 Å². The van der Waals surface area contributed by atoms with E-state index in [1.807, 2.05) is 19.9 Å². The lowest BCUT2D eigenvalue weighted by Gasteiger charge is -2.16. The van der Waals surface area contributed by atoms with E-state index in [4.69, 9.17) is 0 Å².